The van der Waals surface area contributed by atoms with E-state index < -0.39 is 0 Å². The molecular weight excluding hydrogens is 236 g/mol. The first-order valence-electron chi connectivity index (χ1n) is 7.27. The minimum absolute atomic E-state index is 0.602. The molecule has 1 aliphatic carbocycles. The normalized spacial score (nSPS) is 27.8. The Morgan fingerprint density at radius 1 is 1.21 bits per heavy atom. The van der Waals surface area contributed by atoms with Crippen molar-refractivity contribution in [2.75, 3.05) is 0 Å². The summed E-state index contributed by atoms with van der Waals surface area (Å²) in [6.45, 7) is 5.51. The van der Waals surface area contributed by atoms with Gasteiger partial charge in [0.15, 0.2) is 11.5 Å². The number of pyridine rings is 1. The van der Waals surface area contributed by atoms with Gasteiger partial charge in [0, 0.05) is 12.2 Å². The molecule has 0 aromatic carbocycles. The zero-order valence-electron chi connectivity index (χ0n) is 11.7. The van der Waals surface area contributed by atoms with E-state index in [0.717, 1.165) is 29.9 Å². The van der Waals surface area contributed by atoms with E-state index in [0.29, 0.717) is 6.04 Å². The fourth-order valence-electron chi connectivity index (χ4n) is 3.30. The second-order valence-corrected chi connectivity index (χ2v) is 5.84. The first kappa shape index (κ1) is 12.6. The van der Waals surface area contributed by atoms with Gasteiger partial charge in [0.05, 0.1) is 6.54 Å². The van der Waals surface area contributed by atoms with Crippen molar-refractivity contribution in [3.05, 3.63) is 30.2 Å². The number of fused-ring (bicyclic) bond motifs is 1. The van der Waals surface area contributed by atoms with Crippen LogP contribution in [0.4, 0.5) is 0 Å². The van der Waals surface area contributed by atoms with Crippen molar-refractivity contribution in [3.8, 4) is 0 Å². The minimum atomic E-state index is 0.602. The molecule has 0 saturated heterocycles. The van der Waals surface area contributed by atoms with E-state index in [-0.39, 0.29) is 0 Å². The number of hydrogen-bond acceptors (Lipinski definition) is 3. The summed E-state index contributed by atoms with van der Waals surface area (Å²) in [5.74, 6) is 2.51. The predicted molar refractivity (Wildman–Crippen MR) is 75.8 cm³/mol. The number of aromatic nitrogens is 3. The molecule has 0 bridgehead atoms. The van der Waals surface area contributed by atoms with Crippen molar-refractivity contribution in [2.45, 2.75) is 45.7 Å². The molecular formula is C15H22N4. The van der Waals surface area contributed by atoms with Crippen LogP contribution in [0, 0.1) is 11.8 Å². The molecule has 3 rings (SSSR count). The summed E-state index contributed by atoms with van der Waals surface area (Å²) < 4.78 is 2.06. The second-order valence-electron chi connectivity index (χ2n) is 5.84. The van der Waals surface area contributed by atoms with Crippen LogP contribution in [0.5, 0.6) is 0 Å². The fourth-order valence-corrected chi connectivity index (χ4v) is 3.30. The van der Waals surface area contributed by atoms with Crippen molar-refractivity contribution >= 4 is 5.65 Å². The van der Waals surface area contributed by atoms with E-state index in [9.17, 15) is 0 Å². The third kappa shape index (κ3) is 2.50. The molecule has 0 aliphatic heterocycles. The third-order valence-corrected chi connectivity index (χ3v) is 4.43. The molecule has 0 amide bonds. The van der Waals surface area contributed by atoms with Gasteiger partial charge in [0.1, 0.15) is 0 Å². The lowest BCUT2D eigenvalue weighted by Crippen LogP contribution is -2.42. The van der Waals surface area contributed by atoms with Gasteiger partial charge in [0.2, 0.25) is 0 Å². The highest BCUT2D eigenvalue weighted by Crippen LogP contribution is 2.28. The molecule has 1 fully saturated rings. The molecule has 4 heteroatoms. The van der Waals surface area contributed by atoms with E-state index in [1.165, 1.54) is 19.3 Å². The van der Waals surface area contributed by atoms with Gasteiger partial charge in [0.25, 0.3) is 0 Å². The molecule has 4 nitrogen and oxygen atoms in total. The Hall–Kier alpha value is -1.42. The van der Waals surface area contributed by atoms with Gasteiger partial charge in [-0.2, -0.15) is 0 Å². The fraction of sp³-hybridized carbons (Fsp3) is 0.600. The molecule has 2 unspecified atom stereocenters. The number of hydrogen-bond donors (Lipinski definition) is 1. The summed E-state index contributed by atoms with van der Waals surface area (Å²) in [5.41, 5.74) is 0.920. The lowest BCUT2D eigenvalue weighted by molar-refractivity contribution is 0.206. The Bertz CT molecular complexity index is 538. The highest BCUT2D eigenvalue weighted by molar-refractivity contribution is 5.36. The van der Waals surface area contributed by atoms with E-state index in [1.807, 2.05) is 24.4 Å². The highest BCUT2D eigenvalue weighted by Gasteiger charge is 2.27. The van der Waals surface area contributed by atoms with Gasteiger partial charge < -0.3 is 5.32 Å². The Kier molecular flexibility index (Phi) is 3.51. The van der Waals surface area contributed by atoms with Crippen LogP contribution in [0.25, 0.3) is 5.65 Å². The summed E-state index contributed by atoms with van der Waals surface area (Å²) in [5, 5.41) is 12.2. The van der Waals surface area contributed by atoms with Crippen LogP contribution < -0.4 is 5.32 Å². The van der Waals surface area contributed by atoms with Crippen LogP contribution in [0.3, 0.4) is 0 Å². The third-order valence-electron chi connectivity index (χ3n) is 4.43. The van der Waals surface area contributed by atoms with E-state index in [1.54, 1.807) is 0 Å². The van der Waals surface area contributed by atoms with Crippen molar-refractivity contribution in [1.29, 1.82) is 0 Å². The van der Waals surface area contributed by atoms with E-state index in [2.05, 4.69) is 33.8 Å². The lowest BCUT2D eigenvalue weighted by Gasteiger charge is -2.35. The summed E-state index contributed by atoms with van der Waals surface area (Å²) in [7, 11) is 0. The standard InChI is InChI=1S/C15H22N4/c1-11-6-5-7-12(2)15(11)16-10-14-18-17-13-8-3-4-9-19(13)14/h3-4,8-9,11-12,15-16H,5-7,10H2,1-2H3. The first-order chi connectivity index (χ1) is 9.25. The summed E-state index contributed by atoms with van der Waals surface area (Å²) in [6, 6.07) is 6.60. The van der Waals surface area contributed by atoms with Crippen LogP contribution in [0.2, 0.25) is 0 Å². The van der Waals surface area contributed by atoms with Crippen LogP contribution in [-0.4, -0.2) is 20.6 Å². The minimum Gasteiger partial charge on any atom is -0.306 e. The maximum Gasteiger partial charge on any atom is 0.160 e. The van der Waals surface area contributed by atoms with Crippen LogP contribution in [0.1, 0.15) is 38.9 Å². The van der Waals surface area contributed by atoms with Gasteiger partial charge in [-0.15, -0.1) is 10.2 Å². The predicted octanol–water partition coefficient (Wildman–Crippen LogP) is 2.64. The van der Waals surface area contributed by atoms with Crippen LogP contribution in [0.15, 0.2) is 24.4 Å². The molecule has 19 heavy (non-hydrogen) atoms. The first-order valence-corrected chi connectivity index (χ1v) is 7.27. The van der Waals surface area contributed by atoms with Crippen molar-refractivity contribution in [1.82, 2.24) is 19.9 Å². The molecule has 0 radical (unpaired) electrons. The molecule has 2 heterocycles. The maximum atomic E-state index is 4.28. The van der Waals surface area contributed by atoms with Gasteiger partial charge in [-0.1, -0.05) is 26.3 Å². The Balaban J connectivity index is 1.71. The SMILES string of the molecule is CC1CCCC(C)C1NCc1nnc2ccccn12. The van der Waals surface area contributed by atoms with Crippen molar-refractivity contribution in [2.24, 2.45) is 11.8 Å². The van der Waals surface area contributed by atoms with Crippen LogP contribution >= 0.6 is 0 Å². The maximum absolute atomic E-state index is 4.28. The zero-order valence-corrected chi connectivity index (χ0v) is 11.7. The van der Waals surface area contributed by atoms with Gasteiger partial charge >= 0.3 is 0 Å². The molecule has 1 aliphatic rings. The lowest BCUT2D eigenvalue weighted by atomic mass is 9.79. The number of rotatable bonds is 3. The molecule has 102 valence electrons. The average Bonchev–Trinajstić information content (AvgIpc) is 2.82. The largest absolute Gasteiger partial charge is 0.306 e. The molecule has 2 atom stereocenters. The molecule has 2 aromatic heterocycles. The van der Waals surface area contributed by atoms with E-state index in [4.69, 9.17) is 0 Å². The second kappa shape index (κ2) is 5.29. The summed E-state index contributed by atoms with van der Waals surface area (Å²) in [6.07, 6.45) is 6.07. The van der Waals surface area contributed by atoms with Gasteiger partial charge in [-0.25, -0.2) is 0 Å². The Labute approximate surface area is 114 Å². The monoisotopic (exact) mass is 258 g/mol. The number of nitrogens with one attached hydrogen (secondary N) is 1. The summed E-state index contributed by atoms with van der Waals surface area (Å²) >= 11 is 0. The molecule has 2 aromatic rings. The van der Waals surface area contributed by atoms with Crippen LogP contribution in [-0.2, 0) is 6.54 Å². The quantitative estimate of drug-likeness (QED) is 0.920. The zero-order chi connectivity index (χ0) is 13.2. The smallest absolute Gasteiger partial charge is 0.160 e. The number of nitrogens with zero attached hydrogens (tertiary/aromatic N) is 3. The topological polar surface area (TPSA) is 42.2 Å². The van der Waals surface area contributed by atoms with Crippen molar-refractivity contribution in [3.63, 3.8) is 0 Å². The molecule has 1 N–H and O–H groups in total. The average molecular weight is 258 g/mol. The Morgan fingerprint density at radius 2 is 2.00 bits per heavy atom. The highest BCUT2D eigenvalue weighted by atomic mass is 15.3. The van der Waals surface area contributed by atoms with E-state index >= 15 is 0 Å². The Morgan fingerprint density at radius 3 is 2.79 bits per heavy atom. The van der Waals surface area contributed by atoms with Crippen molar-refractivity contribution < 1.29 is 0 Å². The van der Waals surface area contributed by atoms with Gasteiger partial charge in [-0.05, 0) is 36.8 Å². The summed E-state index contributed by atoms with van der Waals surface area (Å²) in [4.78, 5) is 0. The van der Waals surface area contributed by atoms with Gasteiger partial charge in [-0.3, -0.25) is 4.40 Å². The molecule has 1 saturated carbocycles. The molecule has 0 spiro atoms.